The van der Waals surface area contributed by atoms with Gasteiger partial charge in [-0.2, -0.15) is 5.10 Å². The number of carbonyl (C=O) groups is 1. The molecule has 19 heavy (non-hydrogen) atoms. The summed E-state index contributed by atoms with van der Waals surface area (Å²) < 4.78 is 14.0. The number of esters is 1. The van der Waals surface area contributed by atoms with Crippen molar-refractivity contribution in [3.05, 3.63) is 42.5 Å². The molecule has 0 saturated heterocycles. The Morgan fingerprint density at radius 2 is 2.16 bits per heavy atom. The number of carbonyl (C=O) groups excluding carboxylic acids is 1. The van der Waals surface area contributed by atoms with E-state index in [0.717, 1.165) is 0 Å². The summed E-state index contributed by atoms with van der Waals surface area (Å²) in [4.78, 5) is 11.6. The number of aromatic nitrogens is 3. The second-order valence-corrected chi connectivity index (χ2v) is 4.02. The Morgan fingerprint density at radius 1 is 1.26 bits per heavy atom. The van der Waals surface area contributed by atoms with Crippen LogP contribution in [-0.2, 0) is 23.1 Å². The van der Waals surface area contributed by atoms with Gasteiger partial charge in [-0.05, 0) is 18.2 Å². The zero-order chi connectivity index (χ0) is 13.5. The highest BCUT2D eigenvalue weighted by molar-refractivity contribution is 5.87. The Labute approximate surface area is 111 Å². The largest absolute Gasteiger partial charge is 0.459 e. The number of hydrogen-bond donors (Lipinski definition) is 0. The predicted octanol–water partition coefficient (Wildman–Crippen LogP) is 1.10. The number of aryl methyl sites for hydroxylation is 1. The van der Waals surface area contributed by atoms with Gasteiger partial charge >= 0.3 is 5.97 Å². The molecule has 2 aromatic heterocycles. The Hall–Kier alpha value is -2.08. The standard InChI is InChI=1S/C13H17N3O3/c1-15-6-2-4-12(15)13(17)19-11-10-18-9-8-16-7-3-5-14-16/h2-7H,8-11H2,1H3. The maximum atomic E-state index is 11.6. The number of rotatable bonds is 7. The van der Waals surface area contributed by atoms with Crippen LogP contribution in [0.15, 0.2) is 36.8 Å². The van der Waals surface area contributed by atoms with E-state index < -0.39 is 0 Å². The molecule has 0 aliphatic carbocycles. The Morgan fingerprint density at radius 3 is 2.84 bits per heavy atom. The van der Waals surface area contributed by atoms with Crippen LogP contribution in [0.25, 0.3) is 0 Å². The first-order valence-corrected chi connectivity index (χ1v) is 6.11. The monoisotopic (exact) mass is 263 g/mol. The summed E-state index contributed by atoms with van der Waals surface area (Å²) in [6.45, 7) is 1.88. The average Bonchev–Trinajstić information content (AvgIpc) is 3.04. The molecule has 0 radical (unpaired) electrons. The van der Waals surface area contributed by atoms with Crippen LogP contribution < -0.4 is 0 Å². The van der Waals surface area contributed by atoms with Gasteiger partial charge in [0.15, 0.2) is 0 Å². The van der Waals surface area contributed by atoms with E-state index in [1.807, 2.05) is 12.3 Å². The van der Waals surface area contributed by atoms with Gasteiger partial charge in [-0.15, -0.1) is 0 Å². The highest BCUT2D eigenvalue weighted by Gasteiger charge is 2.09. The molecule has 0 aliphatic rings. The summed E-state index contributed by atoms with van der Waals surface area (Å²) in [7, 11) is 1.80. The fraction of sp³-hybridized carbons (Fsp3) is 0.385. The number of hydrogen-bond acceptors (Lipinski definition) is 4. The molecule has 0 bridgehead atoms. The van der Waals surface area contributed by atoms with Crippen LogP contribution in [0.4, 0.5) is 0 Å². The lowest BCUT2D eigenvalue weighted by molar-refractivity contribution is 0.0294. The second kappa shape index (κ2) is 6.75. The maximum absolute atomic E-state index is 11.6. The Bertz CT molecular complexity index is 505. The van der Waals surface area contributed by atoms with Crippen molar-refractivity contribution in [1.29, 1.82) is 0 Å². The van der Waals surface area contributed by atoms with E-state index in [4.69, 9.17) is 9.47 Å². The second-order valence-electron chi connectivity index (χ2n) is 4.02. The lowest BCUT2D eigenvalue weighted by Crippen LogP contribution is -2.15. The first kappa shape index (κ1) is 13.4. The molecule has 0 aliphatic heterocycles. The van der Waals surface area contributed by atoms with Gasteiger partial charge in [-0.1, -0.05) is 0 Å². The fourth-order valence-corrected chi connectivity index (χ4v) is 1.63. The molecule has 102 valence electrons. The van der Waals surface area contributed by atoms with Crippen molar-refractivity contribution in [3.63, 3.8) is 0 Å². The molecular weight excluding hydrogens is 246 g/mol. The van der Waals surface area contributed by atoms with E-state index >= 15 is 0 Å². The Balaban J connectivity index is 1.57. The van der Waals surface area contributed by atoms with Gasteiger partial charge in [-0.3, -0.25) is 4.68 Å². The summed E-state index contributed by atoms with van der Waals surface area (Å²) in [5.41, 5.74) is 0.538. The highest BCUT2D eigenvalue weighted by atomic mass is 16.6. The summed E-state index contributed by atoms with van der Waals surface area (Å²) >= 11 is 0. The van der Waals surface area contributed by atoms with Gasteiger partial charge in [0.2, 0.25) is 0 Å². The average molecular weight is 263 g/mol. The number of nitrogens with zero attached hydrogens (tertiary/aromatic N) is 3. The van der Waals surface area contributed by atoms with Crippen LogP contribution in [-0.4, -0.2) is 40.1 Å². The molecule has 2 aromatic rings. The van der Waals surface area contributed by atoms with Crippen molar-refractivity contribution in [2.24, 2.45) is 7.05 Å². The van der Waals surface area contributed by atoms with Gasteiger partial charge < -0.3 is 14.0 Å². The normalized spacial score (nSPS) is 10.6. The minimum atomic E-state index is -0.330. The molecule has 0 N–H and O–H groups in total. The van der Waals surface area contributed by atoms with Crippen molar-refractivity contribution in [2.75, 3.05) is 19.8 Å². The van der Waals surface area contributed by atoms with Gasteiger partial charge in [0.25, 0.3) is 0 Å². The first-order chi connectivity index (χ1) is 9.27. The molecule has 6 heteroatoms. The highest BCUT2D eigenvalue weighted by Crippen LogP contribution is 2.01. The number of ether oxygens (including phenoxy) is 2. The molecule has 0 unspecified atom stereocenters. The summed E-state index contributed by atoms with van der Waals surface area (Å²) in [6, 6.07) is 5.39. The summed E-state index contributed by atoms with van der Waals surface area (Å²) in [6.07, 6.45) is 5.40. The van der Waals surface area contributed by atoms with Crippen LogP contribution in [0.2, 0.25) is 0 Å². The fourth-order valence-electron chi connectivity index (χ4n) is 1.63. The van der Waals surface area contributed by atoms with Crippen LogP contribution in [0.5, 0.6) is 0 Å². The van der Waals surface area contributed by atoms with E-state index in [-0.39, 0.29) is 12.6 Å². The molecular formula is C13H17N3O3. The van der Waals surface area contributed by atoms with E-state index in [1.165, 1.54) is 0 Å². The van der Waals surface area contributed by atoms with E-state index in [0.29, 0.717) is 25.5 Å². The van der Waals surface area contributed by atoms with Gasteiger partial charge in [0.05, 0.1) is 19.8 Å². The molecule has 0 atom stereocenters. The lowest BCUT2D eigenvalue weighted by Gasteiger charge is -2.07. The van der Waals surface area contributed by atoms with Gasteiger partial charge in [0.1, 0.15) is 12.3 Å². The summed E-state index contributed by atoms with van der Waals surface area (Å²) in [5, 5.41) is 4.05. The van der Waals surface area contributed by atoms with E-state index in [9.17, 15) is 4.79 Å². The topological polar surface area (TPSA) is 58.3 Å². The zero-order valence-electron chi connectivity index (χ0n) is 10.9. The SMILES string of the molecule is Cn1cccc1C(=O)OCCOCCn1cccn1. The van der Waals surface area contributed by atoms with Crippen molar-refractivity contribution >= 4 is 5.97 Å². The van der Waals surface area contributed by atoms with E-state index in [2.05, 4.69) is 5.10 Å². The van der Waals surface area contributed by atoms with Crippen LogP contribution in [0.1, 0.15) is 10.5 Å². The summed E-state index contributed by atoms with van der Waals surface area (Å²) in [5.74, 6) is -0.330. The molecule has 2 heterocycles. The molecule has 0 fully saturated rings. The quantitative estimate of drug-likeness (QED) is 0.554. The third-order valence-electron chi connectivity index (χ3n) is 2.64. The molecule has 0 spiro atoms. The van der Waals surface area contributed by atoms with Crippen LogP contribution in [0, 0.1) is 0 Å². The molecule has 0 saturated carbocycles. The van der Waals surface area contributed by atoms with Crippen molar-refractivity contribution < 1.29 is 14.3 Å². The Kier molecular flexibility index (Phi) is 4.74. The minimum absolute atomic E-state index is 0.253. The third-order valence-corrected chi connectivity index (χ3v) is 2.64. The zero-order valence-corrected chi connectivity index (χ0v) is 10.9. The smallest absolute Gasteiger partial charge is 0.355 e. The molecule has 0 amide bonds. The molecule has 6 nitrogen and oxygen atoms in total. The lowest BCUT2D eigenvalue weighted by atomic mass is 10.4. The predicted molar refractivity (Wildman–Crippen MR) is 68.7 cm³/mol. The van der Waals surface area contributed by atoms with Crippen molar-refractivity contribution in [2.45, 2.75) is 6.54 Å². The first-order valence-electron chi connectivity index (χ1n) is 6.11. The van der Waals surface area contributed by atoms with E-state index in [1.54, 1.807) is 40.8 Å². The molecule has 0 aromatic carbocycles. The minimum Gasteiger partial charge on any atom is -0.459 e. The van der Waals surface area contributed by atoms with Crippen LogP contribution in [0.3, 0.4) is 0 Å². The van der Waals surface area contributed by atoms with Gasteiger partial charge in [-0.25, -0.2) is 4.79 Å². The third kappa shape index (κ3) is 3.96. The van der Waals surface area contributed by atoms with Crippen molar-refractivity contribution in [3.8, 4) is 0 Å². The van der Waals surface area contributed by atoms with Crippen LogP contribution >= 0.6 is 0 Å². The van der Waals surface area contributed by atoms with Crippen molar-refractivity contribution in [1.82, 2.24) is 14.3 Å². The molecule has 2 rings (SSSR count). The van der Waals surface area contributed by atoms with Gasteiger partial charge in [0, 0.05) is 25.6 Å². The maximum Gasteiger partial charge on any atom is 0.355 e.